The maximum absolute atomic E-state index is 5.85. The van der Waals surface area contributed by atoms with Crippen LogP contribution in [-0.4, -0.2) is 5.60 Å². The van der Waals surface area contributed by atoms with E-state index in [1.165, 1.54) is 31.2 Å². The molecule has 2 aliphatic rings. The summed E-state index contributed by atoms with van der Waals surface area (Å²) in [6.07, 6.45) is 5.66. The molecule has 0 radical (unpaired) electrons. The fraction of sp³-hybridized carbons (Fsp3) is 0.500. The Morgan fingerprint density at radius 2 is 1.77 bits per heavy atom. The number of rotatable bonds is 1. The van der Waals surface area contributed by atoms with Crippen molar-refractivity contribution in [2.24, 2.45) is 0 Å². The molecule has 1 saturated heterocycles. The van der Waals surface area contributed by atoms with Crippen LogP contribution in [0.15, 0.2) is 30.3 Å². The number of hydrogen-bond donors (Lipinski definition) is 0. The third-order valence-electron chi connectivity index (χ3n) is 3.33. The summed E-state index contributed by atoms with van der Waals surface area (Å²) in [5, 5.41) is 0. The Labute approximate surface area is 78.7 Å². The molecule has 1 saturated carbocycles. The molecule has 1 heteroatoms. The van der Waals surface area contributed by atoms with E-state index in [1.807, 2.05) is 0 Å². The first kappa shape index (κ1) is 7.57. The zero-order chi connectivity index (χ0) is 8.73. The Kier molecular flexibility index (Phi) is 1.50. The second-order valence-electron chi connectivity index (χ2n) is 4.18. The van der Waals surface area contributed by atoms with Crippen molar-refractivity contribution in [3.63, 3.8) is 0 Å². The van der Waals surface area contributed by atoms with Crippen molar-refractivity contribution in [1.29, 1.82) is 0 Å². The zero-order valence-electron chi connectivity index (χ0n) is 7.70. The van der Waals surface area contributed by atoms with Gasteiger partial charge in [-0.1, -0.05) is 43.2 Å². The van der Waals surface area contributed by atoms with Crippen molar-refractivity contribution in [2.45, 2.75) is 37.4 Å². The lowest BCUT2D eigenvalue weighted by molar-refractivity contribution is 0.297. The van der Waals surface area contributed by atoms with Gasteiger partial charge in [-0.2, -0.15) is 0 Å². The van der Waals surface area contributed by atoms with Crippen LogP contribution in [0, 0.1) is 0 Å². The highest BCUT2D eigenvalue weighted by Crippen LogP contribution is 2.58. The molecule has 0 aromatic heterocycles. The SMILES string of the molecule is c1ccc([C@H]2OC23CCCC3)cc1. The van der Waals surface area contributed by atoms with Gasteiger partial charge in [0, 0.05) is 0 Å². The van der Waals surface area contributed by atoms with E-state index in [-0.39, 0.29) is 5.60 Å². The largest absolute Gasteiger partial charge is 0.361 e. The van der Waals surface area contributed by atoms with Gasteiger partial charge in [0.2, 0.25) is 0 Å². The Balaban J connectivity index is 1.83. The van der Waals surface area contributed by atoms with Crippen LogP contribution in [0.3, 0.4) is 0 Å². The maximum Gasteiger partial charge on any atom is 0.112 e. The van der Waals surface area contributed by atoms with Gasteiger partial charge in [-0.25, -0.2) is 0 Å². The van der Waals surface area contributed by atoms with Crippen molar-refractivity contribution >= 4 is 0 Å². The van der Waals surface area contributed by atoms with Crippen LogP contribution in [0.5, 0.6) is 0 Å². The van der Waals surface area contributed by atoms with E-state index in [0.717, 1.165) is 0 Å². The van der Waals surface area contributed by atoms with Crippen LogP contribution in [0.2, 0.25) is 0 Å². The van der Waals surface area contributed by atoms with Crippen LogP contribution in [-0.2, 0) is 4.74 Å². The molecule has 0 N–H and O–H groups in total. The third-order valence-corrected chi connectivity index (χ3v) is 3.33. The third kappa shape index (κ3) is 1.11. The first-order valence-corrected chi connectivity index (χ1v) is 5.13. The second-order valence-corrected chi connectivity index (χ2v) is 4.18. The summed E-state index contributed by atoms with van der Waals surface area (Å²) in [6.45, 7) is 0. The Morgan fingerprint density at radius 1 is 1.08 bits per heavy atom. The number of ether oxygens (including phenoxy) is 1. The molecule has 1 aliphatic heterocycles. The van der Waals surface area contributed by atoms with Gasteiger partial charge in [0.1, 0.15) is 6.10 Å². The fourth-order valence-corrected chi connectivity index (χ4v) is 2.55. The molecule has 0 unspecified atom stereocenters. The average molecular weight is 174 g/mol. The van der Waals surface area contributed by atoms with Crippen molar-refractivity contribution in [1.82, 2.24) is 0 Å². The van der Waals surface area contributed by atoms with Gasteiger partial charge in [-0.15, -0.1) is 0 Å². The molecular formula is C12H14O. The highest BCUT2D eigenvalue weighted by molar-refractivity contribution is 5.26. The molecule has 1 heterocycles. The van der Waals surface area contributed by atoms with E-state index in [2.05, 4.69) is 30.3 Å². The summed E-state index contributed by atoms with van der Waals surface area (Å²) < 4.78 is 5.85. The highest BCUT2D eigenvalue weighted by atomic mass is 16.6. The van der Waals surface area contributed by atoms with E-state index in [4.69, 9.17) is 4.74 Å². The van der Waals surface area contributed by atoms with Crippen LogP contribution < -0.4 is 0 Å². The number of benzene rings is 1. The van der Waals surface area contributed by atoms with Crippen molar-refractivity contribution in [2.75, 3.05) is 0 Å². The van der Waals surface area contributed by atoms with Crippen LogP contribution >= 0.6 is 0 Å². The van der Waals surface area contributed by atoms with Gasteiger partial charge in [-0.05, 0) is 18.4 Å². The molecule has 1 aliphatic carbocycles. The van der Waals surface area contributed by atoms with E-state index in [1.54, 1.807) is 0 Å². The van der Waals surface area contributed by atoms with Crippen molar-refractivity contribution in [3.8, 4) is 0 Å². The average Bonchev–Trinajstić information content (AvgIpc) is 2.66. The minimum atomic E-state index is 0.265. The standard InChI is InChI=1S/C12H14O/c1-2-6-10(7-3-1)11-12(13-11)8-4-5-9-12/h1-3,6-7,11H,4-5,8-9H2/t11-/m1/s1. The molecule has 1 aromatic rings. The molecular weight excluding hydrogens is 160 g/mol. The summed E-state index contributed by atoms with van der Waals surface area (Å²) in [6, 6.07) is 10.6. The molecule has 68 valence electrons. The summed E-state index contributed by atoms with van der Waals surface area (Å²) in [7, 11) is 0. The number of hydrogen-bond acceptors (Lipinski definition) is 1. The van der Waals surface area contributed by atoms with Crippen LogP contribution in [0.4, 0.5) is 0 Å². The van der Waals surface area contributed by atoms with Gasteiger partial charge >= 0.3 is 0 Å². The quantitative estimate of drug-likeness (QED) is 0.596. The molecule has 2 fully saturated rings. The number of epoxide rings is 1. The molecule has 1 nitrogen and oxygen atoms in total. The minimum Gasteiger partial charge on any atom is -0.361 e. The molecule has 3 rings (SSSR count). The van der Waals surface area contributed by atoms with Crippen molar-refractivity contribution in [3.05, 3.63) is 35.9 Å². The first-order chi connectivity index (χ1) is 6.41. The maximum atomic E-state index is 5.85. The second kappa shape index (κ2) is 2.58. The molecule has 1 aromatic carbocycles. The highest BCUT2D eigenvalue weighted by Gasteiger charge is 2.57. The molecule has 1 spiro atoms. The summed E-state index contributed by atoms with van der Waals surface area (Å²) >= 11 is 0. The van der Waals surface area contributed by atoms with Gasteiger partial charge in [0.15, 0.2) is 0 Å². The lowest BCUT2D eigenvalue weighted by atomic mass is 9.98. The van der Waals surface area contributed by atoms with E-state index >= 15 is 0 Å². The lowest BCUT2D eigenvalue weighted by Gasteiger charge is -2.00. The zero-order valence-corrected chi connectivity index (χ0v) is 7.70. The minimum absolute atomic E-state index is 0.265. The predicted octanol–water partition coefficient (Wildman–Crippen LogP) is 3.07. The van der Waals surface area contributed by atoms with E-state index in [0.29, 0.717) is 6.10 Å². The topological polar surface area (TPSA) is 12.5 Å². The van der Waals surface area contributed by atoms with E-state index < -0.39 is 0 Å². The molecule has 0 amide bonds. The van der Waals surface area contributed by atoms with Gasteiger partial charge in [0.05, 0.1) is 5.60 Å². The van der Waals surface area contributed by atoms with Gasteiger partial charge < -0.3 is 4.74 Å². The van der Waals surface area contributed by atoms with Gasteiger partial charge in [-0.3, -0.25) is 0 Å². The normalized spacial score (nSPS) is 29.4. The smallest absolute Gasteiger partial charge is 0.112 e. The molecule has 13 heavy (non-hydrogen) atoms. The van der Waals surface area contributed by atoms with Crippen LogP contribution in [0.1, 0.15) is 37.4 Å². The first-order valence-electron chi connectivity index (χ1n) is 5.13. The predicted molar refractivity (Wildman–Crippen MR) is 51.5 cm³/mol. The summed E-state index contributed by atoms with van der Waals surface area (Å²) in [5.74, 6) is 0. The van der Waals surface area contributed by atoms with Crippen molar-refractivity contribution < 1.29 is 4.74 Å². The molecule has 1 atom stereocenters. The van der Waals surface area contributed by atoms with Crippen LogP contribution in [0.25, 0.3) is 0 Å². The molecule has 0 bridgehead atoms. The van der Waals surface area contributed by atoms with E-state index in [9.17, 15) is 0 Å². The Morgan fingerprint density at radius 3 is 2.46 bits per heavy atom. The Hall–Kier alpha value is -0.820. The monoisotopic (exact) mass is 174 g/mol. The summed E-state index contributed by atoms with van der Waals surface area (Å²) in [5.41, 5.74) is 1.63. The summed E-state index contributed by atoms with van der Waals surface area (Å²) in [4.78, 5) is 0. The fourth-order valence-electron chi connectivity index (χ4n) is 2.55. The van der Waals surface area contributed by atoms with Gasteiger partial charge in [0.25, 0.3) is 0 Å². The Bertz CT molecular complexity index is 298. The lowest BCUT2D eigenvalue weighted by Crippen LogP contribution is -2.04.